The average Bonchev–Trinajstić information content (AvgIpc) is 3.30. The van der Waals surface area contributed by atoms with Gasteiger partial charge in [-0.25, -0.2) is 0 Å². The number of amides is 2. The number of likely N-dealkylation sites (tertiary alicyclic amines) is 1. The van der Waals surface area contributed by atoms with E-state index in [2.05, 4.69) is 10.6 Å². The molecule has 1 aromatic rings. The SMILES string of the molecule is C.CC/C=C(/NC(C(=O)N1CCCC1C(=O)NC(C=O)CC(=O)O)C(C)(C)C)c1ccc(OC)cc1. The molecule has 1 saturated heterocycles. The Bertz CT molecular complexity index is 936. The second kappa shape index (κ2) is 13.7. The molecule has 0 radical (unpaired) electrons. The molecule has 0 aromatic heterocycles. The molecule has 1 aliphatic rings. The van der Waals surface area contributed by atoms with Gasteiger partial charge in [0.05, 0.1) is 19.6 Å². The number of carbonyl (C=O) groups excluding carboxylic acids is 3. The molecule has 36 heavy (non-hydrogen) atoms. The van der Waals surface area contributed by atoms with Crippen LogP contribution in [0.1, 0.15) is 66.4 Å². The van der Waals surface area contributed by atoms with E-state index in [-0.39, 0.29) is 13.3 Å². The van der Waals surface area contributed by atoms with Crippen LogP contribution in [0, 0.1) is 5.41 Å². The van der Waals surface area contributed by atoms with Crippen molar-refractivity contribution in [3.8, 4) is 5.75 Å². The summed E-state index contributed by atoms with van der Waals surface area (Å²) in [5.74, 6) is -1.18. The minimum atomic E-state index is -1.19. The lowest BCUT2D eigenvalue weighted by Gasteiger charge is -2.36. The first-order valence-electron chi connectivity index (χ1n) is 11.9. The Morgan fingerprint density at radius 2 is 1.83 bits per heavy atom. The number of hydrogen-bond donors (Lipinski definition) is 3. The Kier molecular flexibility index (Phi) is 11.6. The number of allylic oxidation sites excluding steroid dienone is 1. The van der Waals surface area contributed by atoms with E-state index in [0.717, 1.165) is 23.4 Å². The number of rotatable bonds is 11. The number of aldehydes is 1. The molecule has 1 fully saturated rings. The van der Waals surface area contributed by atoms with Crippen molar-refractivity contribution in [2.45, 2.75) is 78.9 Å². The molecule has 200 valence electrons. The first-order chi connectivity index (χ1) is 16.5. The highest BCUT2D eigenvalue weighted by Gasteiger charge is 2.41. The Labute approximate surface area is 214 Å². The van der Waals surface area contributed by atoms with E-state index in [9.17, 15) is 19.2 Å². The Morgan fingerprint density at radius 3 is 2.33 bits per heavy atom. The van der Waals surface area contributed by atoms with Crippen molar-refractivity contribution in [3.05, 3.63) is 35.9 Å². The van der Waals surface area contributed by atoms with Crippen LogP contribution in [-0.4, -0.2) is 65.9 Å². The van der Waals surface area contributed by atoms with Crippen molar-refractivity contribution >= 4 is 29.8 Å². The number of nitrogens with one attached hydrogen (secondary N) is 2. The zero-order valence-electron chi connectivity index (χ0n) is 21.2. The minimum Gasteiger partial charge on any atom is -0.497 e. The summed E-state index contributed by atoms with van der Waals surface area (Å²) in [6, 6.07) is 5.04. The van der Waals surface area contributed by atoms with Crippen molar-refractivity contribution in [2.24, 2.45) is 5.41 Å². The van der Waals surface area contributed by atoms with Gasteiger partial charge in [-0.05, 0) is 54.5 Å². The number of nitrogens with zero attached hydrogens (tertiary/aromatic N) is 1. The van der Waals surface area contributed by atoms with Crippen LogP contribution < -0.4 is 15.4 Å². The highest BCUT2D eigenvalue weighted by Crippen LogP contribution is 2.28. The Balaban J connectivity index is 0.00000648. The van der Waals surface area contributed by atoms with Gasteiger partial charge >= 0.3 is 5.97 Å². The van der Waals surface area contributed by atoms with Crippen molar-refractivity contribution < 1.29 is 29.0 Å². The topological polar surface area (TPSA) is 125 Å². The second-order valence-corrected chi connectivity index (χ2v) is 9.74. The molecule has 3 unspecified atom stereocenters. The van der Waals surface area contributed by atoms with E-state index < -0.39 is 41.8 Å². The molecule has 0 aliphatic carbocycles. The number of ether oxygens (including phenoxy) is 1. The summed E-state index contributed by atoms with van der Waals surface area (Å²) >= 11 is 0. The lowest BCUT2D eigenvalue weighted by molar-refractivity contribution is -0.143. The molecule has 3 N–H and O–H groups in total. The van der Waals surface area contributed by atoms with E-state index in [1.54, 1.807) is 12.0 Å². The highest BCUT2D eigenvalue weighted by atomic mass is 16.5. The largest absolute Gasteiger partial charge is 0.497 e. The van der Waals surface area contributed by atoms with Crippen molar-refractivity contribution in [1.82, 2.24) is 15.5 Å². The third-order valence-corrected chi connectivity index (χ3v) is 5.95. The standard InChI is InChI=1S/C26H37N3O6.CH4/c1-6-8-20(17-10-12-19(35-5)13-11-17)28-23(26(2,3)4)25(34)29-14-7-9-21(29)24(33)27-18(16-30)15-22(31)32;/h8,10-13,16,18,21,23,28H,6-7,9,14-15H2,1-5H3,(H,27,33)(H,31,32);1H4/b20-8+;. The lowest BCUT2D eigenvalue weighted by Crippen LogP contribution is -2.57. The smallest absolute Gasteiger partial charge is 0.305 e. The van der Waals surface area contributed by atoms with Gasteiger partial charge in [0.15, 0.2) is 0 Å². The summed E-state index contributed by atoms with van der Waals surface area (Å²) in [5.41, 5.74) is 1.24. The third kappa shape index (κ3) is 8.10. The van der Waals surface area contributed by atoms with Crippen LogP contribution in [0.3, 0.4) is 0 Å². The minimum absolute atomic E-state index is 0. The lowest BCUT2D eigenvalue weighted by atomic mass is 9.85. The van der Waals surface area contributed by atoms with Gasteiger partial charge < -0.3 is 30.2 Å². The van der Waals surface area contributed by atoms with E-state index in [1.807, 2.05) is 58.0 Å². The zero-order chi connectivity index (χ0) is 26.2. The van der Waals surface area contributed by atoms with Gasteiger partial charge in [-0.3, -0.25) is 14.4 Å². The Morgan fingerprint density at radius 1 is 1.19 bits per heavy atom. The van der Waals surface area contributed by atoms with E-state index in [4.69, 9.17) is 9.84 Å². The van der Waals surface area contributed by atoms with E-state index >= 15 is 0 Å². The molecular weight excluding hydrogens is 462 g/mol. The maximum Gasteiger partial charge on any atom is 0.305 e. The molecule has 1 aliphatic heterocycles. The molecular formula is C27H41N3O6. The number of aliphatic carboxylic acids is 1. The molecule has 3 atom stereocenters. The van der Waals surface area contributed by atoms with Crippen LogP contribution >= 0.6 is 0 Å². The molecule has 2 rings (SSSR count). The molecule has 0 saturated carbocycles. The molecule has 1 heterocycles. The van der Waals surface area contributed by atoms with Gasteiger partial charge in [0.25, 0.3) is 0 Å². The number of methoxy groups -OCH3 is 1. The monoisotopic (exact) mass is 503 g/mol. The van der Waals surface area contributed by atoms with Crippen LogP contribution in [0.2, 0.25) is 0 Å². The highest BCUT2D eigenvalue weighted by molar-refractivity contribution is 5.93. The van der Waals surface area contributed by atoms with Crippen LogP contribution in [0.4, 0.5) is 0 Å². The van der Waals surface area contributed by atoms with Gasteiger partial charge in [0.2, 0.25) is 11.8 Å². The van der Waals surface area contributed by atoms with E-state index in [0.29, 0.717) is 25.7 Å². The van der Waals surface area contributed by atoms with Gasteiger partial charge in [0.1, 0.15) is 24.1 Å². The normalized spacial score (nSPS) is 17.4. The zero-order valence-corrected chi connectivity index (χ0v) is 21.2. The quantitative estimate of drug-likeness (QED) is 0.396. The summed E-state index contributed by atoms with van der Waals surface area (Å²) in [6.45, 7) is 8.30. The third-order valence-electron chi connectivity index (χ3n) is 5.95. The number of benzene rings is 1. The van der Waals surface area contributed by atoms with Gasteiger partial charge in [0, 0.05) is 12.2 Å². The van der Waals surface area contributed by atoms with Crippen LogP contribution in [0.5, 0.6) is 5.75 Å². The summed E-state index contributed by atoms with van der Waals surface area (Å²) in [7, 11) is 1.60. The first kappa shape index (κ1) is 30.7. The predicted molar refractivity (Wildman–Crippen MR) is 139 cm³/mol. The number of carboxylic acid groups (broad SMARTS) is 1. The maximum atomic E-state index is 13.8. The van der Waals surface area contributed by atoms with Gasteiger partial charge in [-0.15, -0.1) is 0 Å². The van der Waals surface area contributed by atoms with Crippen molar-refractivity contribution in [3.63, 3.8) is 0 Å². The van der Waals surface area contributed by atoms with Gasteiger partial charge in [-0.2, -0.15) is 0 Å². The summed E-state index contributed by atoms with van der Waals surface area (Å²) in [5, 5.41) is 14.9. The maximum absolute atomic E-state index is 13.8. The van der Waals surface area contributed by atoms with Crippen LogP contribution in [0.25, 0.3) is 5.70 Å². The molecule has 0 bridgehead atoms. The fourth-order valence-electron chi connectivity index (χ4n) is 4.11. The summed E-state index contributed by atoms with van der Waals surface area (Å²) in [4.78, 5) is 50.4. The van der Waals surface area contributed by atoms with E-state index in [1.165, 1.54) is 0 Å². The van der Waals surface area contributed by atoms with Crippen molar-refractivity contribution in [2.75, 3.05) is 13.7 Å². The molecule has 0 spiro atoms. The number of carbonyl (C=O) groups is 4. The molecule has 9 nitrogen and oxygen atoms in total. The van der Waals surface area contributed by atoms with Crippen LogP contribution in [-0.2, 0) is 19.2 Å². The summed E-state index contributed by atoms with van der Waals surface area (Å²) < 4.78 is 5.25. The number of hydrogen-bond acceptors (Lipinski definition) is 6. The fourth-order valence-corrected chi connectivity index (χ4v) is 4.11. The fraction of sp³-hybridized carbons (Fsp3) is 0.556. The first-order valence-corrected chi connectivity index (χ1v) is 11.9. The second-order valence-electron chi connectivity index (χ2n) is 9.74. The molecule has 9 heteroatoms. The average molecular weight is 504 g/mol. The van der Waals surface area contributed by atoms with Crippen molar-refractivity contribution in [1.29, 1.82) is 0 Å². The molecule has 1 aromatic carbocycles. The van der Waals surface area contributed by atoms with Gasteiger partial charge in [-0.1, -0.05) is 41.2 Å². The predicted octanol–water partition coefficient (Wildman–Crippen LogP) is 3.24. The summed E-state index contributed by atoms with van der Waals surface area (Å²) in [6.07, 6.45) is 3.76. The van der Waals surface area contributed by atoms with Crippen LogP contribution in [0.15, 0.2) is 30.3 Å². The molecule has 2 amide bonds. The Hall–Kier alpha value is -3.36. The number of carboxylic acids is 1.